The van der Waals surface area contributed by atoms with Gasteiger partial charge in [-0.2, -0.15) is 0 Å². The van der Waals surface area contributed by atoms with Crippen LogP contribution in [-0.2, 0) is 6.54 Å². The molecule has 6 heteroatoms. The van der Waals surface area contributed by atoms with Crippen LogP contribution in [0.25, 0.3) is 9.88 Å². The Hall–Kier alpha value is 0.250. The lowest BCUT2D eigenvalue weighted by atomic mass is 10.4. The molecule has 17 heavy (non-hydrogen) atoms. The number of aromatic nitrogens is 1. The fourth-order valence-corrected chi connectivity index (χ4v) is 4.21. The molecule has 0 aliphatic rings. The van der Waals surface area contributed by atoms with Gasteiger partial charge in [-0.05, 0) is 37.9 Å². The van der Waals surface area contributed by atoms with E-state index < -0.39 is 0 Å². The fraction of sp³-hybridized carbons (Fsp3) is 0.364. The number of thiazole rings is 1. The topological polar surface area (TPSA) is 24.9 Å². The number of thiophene rings is 1. The Labute approximate surface area is 126 Å². The molecule has 2 aromatic heterocycles. The zero-order chi connectivity index (χ0) is 12.4. The van der Waals surface area contributed by atoms with E-state index in [2.05, 4.69) is 62.1 Å². The van der Waals surface area contributed by atoms with Gasteiger partial charge in [0.15, 0.2) is 0 Å². The minimum absolute atomic E-state index is 0.505. The molecule has 0 radical (unpaired) electrons. The van der Waals surface area contributed by atoms with Crippen molar-refractivity contribution in [2.75, 3.05) is 0 Å². The maximum atomic E-state index is 4.47. The first-order valence-electron chi connectivity index (χ1n) is 5.19. The molecule has 0 atom stereocenters. The van der Waals surface area contributed by atoms with Crippen LogP contribution in [0.2, 0.25) is 0 Å². The van der Waals surface area contributed by atoms with Gasteiger partial charge in [0.25, 0.3) is 0 Å². The highest BCUT2D eigenvalue weighted by Gasteiger charge is 2.10. The molecule has 0 aliphatic carbocycles. The van der Waals surface area contributed by atoms with Crippen molar-refractivity contribution in [3.8, 4) is 9.88 Å². The molecule has 0 saturated heterocycles. The van der Waals surface area contributed by atoms with Gasteiger partial charge < -0.3 is 5.32 Å². The lowest BCUT2D eigenvalue weighted by Crippen LogP contribution is -2.21. The van der Waals surface area contributed by atoms with Gasteiger partial charge >= 0.3 is 0 Å². The van der Waals surface area contributed by atoms with E-state index >= 15 is 0 Å². The van der Waals surface area contributed by atoms with E-state index in [0.717, 1.165) is 19.8 Å². The van der Waals surface area contributed by atoms with Crippen molar-refractivity contribution in [2.45, 2.75) is 26.4 Å². The summed E-state index contributed by atoms with van der Waals surface area (Å²) in [5, 5.41) is 4.48. The fourth-order valence-electron chi connectivity index (χ4n) is 1.26. The van der Waals surface area contributed by atoms with Gasteiger partial charge in [-0.25, -0.2) is 4.98 Å². The van der Waals surface area contributed by atoms with Crippen molar-refractivity contribution in [3.63, 3.8) is 0 Å². The van der Waals surface area contributed by atoms with Crippen LogP contribution in [0.1, 0.15) is 18.7 Å². The molecule has 0 aliphatic heterocycles. The third-order valence-electron chi connectivity index (χ3n) is 2.09. The highest BCUT2D eigenvalue weighted by atomic mass is 79.9. The van der Waals surface area contributed by atoms with E-state index in [0.29, 0.717) is 6.04 Å². The molecule has 0 unspecified atom stereocenters. The average molecular weight is 396 g/mol. The van der Waals surface area contributed by atoms with Crippen LogP contribution >= 0.6 is 54.5 Å². The molecule has 0 aromatic carbocycles. The number of halogens is 2. The summed E-state index contributed by atoms with van der Waals surface area (Å²) in [4.78, 5) is 6.94. The largest absolute Gasteiger partial charge is 0.310 e. The van der Waals surface area contributed by atoms with Gasteiger partial charge in [0, 0.05) is 28.1 Å². The summed E-state index contributed by atoms with van der Waals surface area (Å²) in [6, 6.07) is 2.61. The molecule has 0 fully saturated rings. The smallest absolute Gasteiger partial charge is 0.133 e. The maximum absolute atomic E-state index is 4.47. The highest BCUT2D eigenvalue weighted by Crippen LogP contribution is 2.39. The predicted molar refractivity (Wildman–Crippen MR) is 82.8 cm³/mol. The zero-order valence-corrected chi connectivity index (χ0v) is 14.3. The number of nitrogens with zero attached hydrogens (tertiary/aromatic N) is 1. The lowest BCUT2D eigenvalue weighted by molar-refractivity contribution is 0.593. The van der Waals surface area contributed by atoms with Crippen LogP contribution in [0.3, 0.4) is 0 Å². The SMILES string of the molecule is CC(C)NCc1cnc(-c2cc(Br)c(Br)s2)s1. The van der Waals surface area contributed by atoms with Gasteiger partial charge in [0.2, 0.25) is 0 Å². The first kappa shape index (κ1) is 13.7. The number of nitrogens with one attached hydrogen (secondary N) is 1. The van der Waals surface area contributed by atoms with E-state index in [-0.39, 0.29) is 0 Å². The number of rotatable bonds is 4. The van der Waals surface area contributed by atoms with E-state index in [1.165, 1.54) is 9.75 Å². The van der Waals surface area contributed by atoms with Crippen LogP contribution in [0, 0.1) is 0 Å². The molecule has 0 bridgehead atoms. The van der Waals surface area contributed by atoms with Crippen LogP contribution in [-0.4, -0.2) is 11.0 Å². The van der Waals surface area contributed by atoms with Crippen LogP contribution in [0.5, 0.6) is 0 Å². The molecule has 0 spiro atoms. The van der Waals surface area contributed by atoms with Gasteiger partial charge in [-0.15, -0.1) is 22.7 Å². The Morgan fingerprint density at radius 1 is 1.35 bits per heavy atom. The summed E-state index contributed by atoms with van der Waals surface area (Å²) in [6.07, 6.45) is 1.96. The van der Waals surface area contributed by atoms with Crippen molar-refractivity contribution < 1.29 is 0 Å². The van der Waals surface area contributed by atoms with Crippen molar-refractivity contribution in [1.29, 1.82) is 0 Å². The summed E-state index contributed by atoms with van der Waals surface area (Å²) in [6.45, 7) is 5.19. The van der Waals surface area contributed by atoms with E-state index in [1.807, 2.05) is 6.20 Å². The van der Waals surface area contributed by atoms with E-state index in [1.54, 1.807) is 22.7 Å². The first-order chi connectivity index (χ1) is 8.06. The van der Waals surface area contributed by atoms with Crippen molar-refractivity contribution in [3.05, 3.63) is 25.4 Å². The van der Waals surface area contributed by atoms with Gasteiger partial charge in [0.05, 0.1) is 8.66 Å². The molecular formula is C11H12Br2N2S2. The summed E-state index contributed by atoms with van der Waals surface area (Å²) in [7, 11) is 0. The monoisotopic (exact) mass is 394 g/mol. The highest BCUT2D eigenvalue weighted by molar-refractivity contribution is 9.13. The summed E-state index contributed by atoms with van der Waals surface area (Å²) in [5.74, 6) is 0. The second kappa shape index (κ2) is 5.93. The molecule has 2 heterocycles. The third kappa shape index (κ3) is 3.61. The molecule has 1 N–H and O–H groups in total. The molecule has 2 nitrogen and oxygen atoms in total. The standard InChI is InChI=1S/C11H12Br2N2S2/c1-6(2)14-4-7-5-15-11(16-7)9-3-8(12)10(13)17-9/h3,5-6,14H,4H2,1-2H3. The Morgan fingerprint density at radius 3 is 2.71 bits per heavy atom. The van der Waals surface area contributed by atoms with E-state index in [4.69, 9.17) is 0 Å². The number of hydrogen-bond acceptors (Lipinski definition) is 4. The third-order valence-corrected chi connectivity index (χ3v) is 6.52. The van der Waals surface area contributed by atoms with Crippen molar-refractivity contribution >= 4 is 54.5 Å². The maximum Gasteiger partial charge on any atom is 0.133 e. The van der Waals surface area contributed by atoms with Gasteiger partial charge in [-0.3, -0.25) is 0 Å². The second-order valence-electron chi connectivity index (χ2n) is 3.90. The van der Waals surface area contributed by atoms with Crippen LogP contribution < -0.4 is 5.32 Å². The minimum Gasteiger partial charge on any atom is -0.310 e. The molecule has 0 amide bonds. The predicted octanol–water partition coefficient (Wildman–Crippen LogP) is 4.89. The van der Waals surface area contributed by atoms with Crippen molar-refractivity contribution in [1.82, 2.24) is 10.3 Å². The summed E-state index contributed by atoms with van der Waals surface area (Å²) >= 11 is 10.5. The minimum atomic E-state index is 0.505. The van der Waals surface area contributed by atoms with Gasteiger partial charge in [0.1, 0.15) is 5.01 Å². The van der Waals surface area contributed by atoms with Crippen LogP contribution in [0.15, 0.2) is 20.5 Å². The number of hydrogen-bond donors (Lipinski definition) is 1. The quantitative estimate of drug-likeness (QED) is 0.796. The van der Waals surface area contributed by atoms with Gasteiger partial charge in [-0.1, -0.05) is 13.8 Å². The zero-order valence-electron chi connectivity index (χ0n) is 9.46. The normalized spacial score (nSPS) is 11.4. The Balaban J connectivity index is 2.12. The lowest BCUT2D eigenvalue weighted by Gasteiger charge is -2.04. The molecule has 0 saturated carbocycles. The second-order valence-corrected chi connectivity index (χ2v) is 8.24. The summed E-state index contributed by atoms with van der Waals surface area (Å²) in [5.41, 5.74) is 0. The first-order valence-corrected chi connectivity index (χ1v) is 8.41. The van der Waals surface area contributed by atoms with Crippen molar-refractivity contribution in [2.24, 2.45) is 0 Å². The molecular weight excluding hydrogens is 384 g/mol. The van der Waals surface area contributed by atoms with Crippen LogP contribution in [0.4, 0.5) is 0 Å². The molecule has 92 valence electrons. The molecule has 2 aromatic rings. The average Bonchev–Trinajstić information content (AvgIpc) is 2.84. The Bertz CT molecular complexity index is 486. The summed E-state index contributed by atoms with van der Waals surface area (Å²) < 4.78 is 2.21. The Morgan fingerprint density at radius 2 is 2.12 bits per heavy atom. The van der Waals surface area contributed by atoms with E-state index in [9.17, 15) is 0 Å². The Kier molecular flexibility index (Phi) is 4.77. The molecule has 2 rings (SSSR count).